The minimum absolute atomic E-state index is 0.626. The summed E-state index contributed by atoms with van der Waals surface area (Å²) in [6, 6.07) is 9.08. The molecule has 1 aliphatic rings. The van der Waals surface area contributed by atoms with Crippen molar-refractivity contribution in [3.63, 3.8) is 0 Å². The van der Waals surface area contributed by atoms with Crippen LogP contribution >= 0.6 is 15.9 Å². The number of anilines is 1. The van der Waals surface area contributed by atoms with E-state index >= 15 is 0 Å². The summed E-state index contributed by atoms with van der Waals surface area (Å²) in [5.41, 5.74) is 1.23. The fraction of sp³-hybridized carbons (Fsp3) is 0.571. The molecule has 2 rings (SSSR count). The highest BCUT2D eigenvalue weighted by atomic mass is 79.9. The maximum atomic E-state index is 3.65. The third-order valence-corrected chi connectivity index (χ3v) is 3.96. The van der Waals surface area contributed by atoms with Gasteiger partial charge in [-0.25, -0.2) is 0 Å². The van der Waals surface area contributed by atoms with E-state index in [1.807, 2.05) is 0 Å². The van der Waals surface area contributed by atoms with E-state index in [-0.39, 0.29) is 0 Å². The van der Waals surface area contributed by atoms with Crippen LogP contribution in [-0.4, -0.2) is 30.6 Å². The summed E-state index contributed by atoms with van der Waals surface area (Å²) < 4.78 is 1.14. The Labute approximate surface area is 113 Å². The van der Waals surface area contributed by atoms with E-state index in [2.05, 4.69) is 57.3 Å². The first-order valence-electron chi connectivity index (χ1n) is 6.52. The van der Waals surface area contributed by atoms with Crippen LogP contribution in [0.2, 0.25) is 0 Å². The lowest BCUT2D eigenvalue weighted by atomic mass is 10.1. The smallest absolute Gasteiger partial charge is 0.0353 e. The van der Waals surface area contributed by atoms with Crippen LogP contribution in [0.25, 0.3) is 0 Å². The van der Waals surface area contributed by atoms with Crippen molar-refractivity contribution in [2.75, 3.05) is 25.0 Å². The number of benzene rings is 1. The van der Waals surface area contributed by atoms with Crippen LogP contribution in [0, 0.1) is 0 Å². The zero-order valence-corrected chi connectivity index (χ0v) is 12.0. The predicted molar refractivity (Wildman–Crippen MR) is 77.5 cm³/mol. The van der Waals surface area contributed by atoms with Gasteiger partial charge in [0, 0.05) is 22.7 Å². The molecule has 0 aliphatic carbocycles. The molecule has 1 aliphatic heterocycles. The Morgan fingerprint density at radius 1 is 1.35 bits per heavy atom. The summed E-state index contributed by atoms with van der Waals surface area (Å²) in [5, 5.41) is 3.65. The molecule has 1 saturated heterocycles. The number of nitrogens with one attached hydrogen (secondary N) is 1. The van der Waals surface area contributed by atoms with E-state index in [1.165, 1.54) is 44.6 Å². The average molecular weight is 297 g/mol. The lowest BCUT2D eigenvalue weighted by Gasteiger charge is -2.19. The Morgan fingerprint density at radius 3 is 3.00 bits per heavy atom. The van der Waals surface area contributed by atoms with Gasteiger partial charge in [-0.2, -0.15) is 0 Å². The highest BCUT2D eigenvalue weighted by Gasteiger charge is 2.15. The molecule has 0 spiro atoms. The Bertz CT molecular complexity index is 354. The maximum Gasteiger partial charge on any atom is 0.0353 e. The standard InChI is InChI=1S/C14H21BrN2/c1-2-17-9-4-7-13(8-10-17)16-14-6-3-5-12(15)11-14/h3,5-6,11,13,16H,2,4,7-10H2,1H3. The lowest BCUT2D eigenvalue weighted by Crippen LogP contribution is -2.26. The zero-order chi connectivity index (χ0) is 12.1. The van der Waals surface area contributed by atoms with Crippen LogP contribution in [0.15, 0.2) is 28.7 Å². The summed E-state index contributed by atoms with van der Waals surface area (Å²) in [6.07, 6.45) is 3.84. The van der Waals surface area contributed by atoms with Crippen molar-refractivity contribution in [2.45, 2.75) is 32.2 Å². The van der Waals surface area contributed by atoms with E-state index < -0.39 is 0 Å². The van der Waals surface area contributed by atoms with Crippen LogP contribution in [0.3, 0.4) is 0 Å². The fourth-order valence-corrected chi connectivity index (χ4v) is 2.83. The van der Waals surface area contributed by atoms with Gasteiger partial charge >= 0.3 is 0 Å². The summed E-state index contributed by atoms with van der Waals surface area (Å²) in [6.45, 7) is 5.92. The van der Waals surface area contributed by atoms with Crippen LogP contribution in [0.4, 0.5) is 5.69 Å². The van der Waals surface area contributed by atoms with Crippen molar-refractivity contribution in [3.05, 3.63) is 28.7 Å². The summed E-state index contributed by atoms with van der Waals surface area (Å²) in [5.74, 6) is 0. The second-order valence-electron chi connectivity index (χ2n) is 4.72. The molecule has 0 aromatic heterocycles. The van der Waals surface area contributed by atoms with Gasteiger partial charge in [0.05, 0.1) is 0 Å². The van der Waals surface area contributed by atoms with E-state index in [0.29, 0.717) is 6.04 Å². The van der Waals surface area contributed by atoms with E-state index in [9.17, 15) is 0 Å². The van der Waals surface area contributed by atoms with Gasteiger partial charge in [0.2, 0.25) is 0 Å². The molecule has 17 heavy (non-hydrogen) atoms. The number of hydrogen-bond donors (Lipinski definition) is 1. The summed E-state index contributed by atoms with van der Waals surface area (Å²) >= 11 is 3.51. The third kappa shape index (κ3) is 4.00. The molecular formula is C14H21BrN2. The van der Waals surface area contributed by atoms with Gasteiger partial charge in [0.1, 0.15) is 0 Å². The molecular weight excluding hydrogens is 276 g/mol. The minimum atomic E-state index is 0.626. The monoisotopic (exact) mass is 296 g/mol. The first-order valence-corrected chi connectivity index (χ1v) is 7.31. The van der Waals surface area contributed by atoms with E-state index in [4.69, 9.17) is 0 Å². The normalized spacial score (nSPS) is 22.1. The predicted octanol–water partition coefficient (Wildman–Crippen LogP) is 3.74. The van der Waals surface area contributed by atoms with E-state index in [0.717, 1.165) is 4.47 Å². The molecule has 0 bridgehead atoms. The Morgan fingerprint density at radius 2 is 2.24 bits per heavy atom. The highest BCUT2D eigenvalue weighted by Crippen LogP contribution is 2.20. The molecule has 1 fully saturated rings. The van der Waals surface area contributed by atoms with Gasteiger partial charge in [-0.15, -0.1) is 0 Å². The maximum absolute atomic E-state index is 3.65. The van der Waals surface area contributed by atoms with Gasteiger partial charge in [-0.05, 0) is 50.6 Å². The SMILES string of the molecule is CCN1CCCC(Nc2cccc(Br)c2)CC1. The number of nitrogens with zero attached hydrogens (tertiary/aromatic N) is 1. The molecule has 3 heteroatoms. The van der Waals surface area contributed by atoms with Crippen molar-refractivity contribution in [3.8, 4) is 0 Å². The molecule has 1 atom stereocenters. The molecule has 2 nitrogen and oxygen atoms in total. The highest BCUT2D eigenvalue weighted by molar-refractivity contribution is 9.10. The molecule has 1 heterocycles. The van der Waals surface area contributed by atoms with Crippen LogP contribution < -0.4 is 5.32 Å². The second kappa shape index (κ2) is 6.41. The molecule has 0 saturated carbocycles. The van der Waals surface area contributed by atoms with Crippen LogP contribution in [0.5, 0.6) is 0 Å². The van der Waals surface area contributed by atoms with Crippen molar-refractivity contribution in [2.24, 2.45) is 0 Å². The summed E-state index contributed by atoms with van der Waals surface area (Å²) in [7, 11) is 0. The van der Waals surface area contributed by atoms with Gasteiger partial charge in [-0.1, -0.05) is 28.9 Å². The van der Waals surface area contributed by atoms with Crippen LogP contribution in [-0.2, 0) is 0 Å². The molecule has 0 amide bonds. The second-order valence-corrected chi connectivity index (χ2v) is 5.63. The van der Waals surface area contributed by atoms with Gasteiger partial charge in [-0.3, -0.25) is 0 Å². The first-order chi connectivity index (χ1) is 8.28. The van der Waals surface area contributed by atoms with Gasteiger partial charge in [0.25, 0.3) is 0 Å². The molecule has 94 valence electrons. The molecule has 1 N–H and O–H groups in total. The number of rotatable bonds is 3. The first kappa shape index (κ1) is 12.9. The average Bonchev–Trinajstić information content (AvgIpc) is 2.54. The van der Waals surface area contributed by atoms with Gasteiger partial charge in [0.15, 0.2) is 0 Å². The molecule has 0 radical (unpaired) electrons. The number of hydrogen-bond acceptors (Lipinski definition) is 2. The Hall–Kier alpha value is -0.540. The molecule has 1 aromatic carbocycles. The van der Waals surface area contributed by atoms with Crippen molar-refractivity contribution >= 4 is 21.6 Å². The van der Waals surface area contributed by atoms with Crippen molar-refractivity contribution in [1.82, 2.24) is 4.90 Å². The van der Waals surface area contributed by atoms with Crippen molar-refractivity contribution < 1.29 is 0 Å². The minimum Gasteiger partial charge on any atom is -0.382 e. The largest absolute Gasteiger partial charge is 0.382 e. The third-order valence-electron chi connectivity index (χ3n) is 3.46. The van der Waals surface area contributed by atoms with E-state index in [1.54, 1.807) is 0 Å². The van der Waals surface area contributed by atoms with Gasteiger partial charge < -0.3 is 10.2 Å². The topological polar surface area (TPSA) is 15.3 Å². The lowest BCUT2D eigenvalue weighted by molar-refractivity contribution is 0.300. The summed E-state index contributed by atoms with van der Waals surface area (Å²) in [4.78, 5) is 2.54. The van der Waals surface area contributed by atoms with Crippen LogP contribution in [0.1, 0.15) is 26.2 Å². The number of likely N-dealkylation sites (tertiary alicyclic amines) is 1. The molecule has 1 aromatic rings. The fourth-order valence-electron chi connectivity index (χ4n) is 2.43. The number of halogens is 1. The van der Waals surface area contributed by atoms with Crippen molar-refractivity contribution in [1.29, 1.82) is 0 Å². The zero-order valence-electron chi connectivity index (χ0n) is 10.5. The Balaban J connectivity index is 1.90. The Kier molecular flexibility index (Phi) is 4.86. The quantitative estimate of drug-likeness (QED) is 0.914. The molecule has 1 unspecified atom stereocenters.